The lowest BCUT2D eigenvalue weighted by atomic mass is 10.4. The maximum atomic E-state index is 5.75. The minimum atomic E-state index is 0.142. The van der Waals surface area contributed by atoms with Crippen molar-refractivity contribution in [2.75, 3.05) is 38.3 Å². The Bertz CT molecular complexity index is 343. The standard InChI is InChI=1S/C8H11ClN4O2/c1-14-8-11-6(9)10-7(12-8)13-2-4-15-5-3-13/h2-5H2,1H3. The van der Waals surface area contributed by atoms with Crippen LogP contribution in [0.5, 0.6) is 6.01 Å². The van der Waals surface area contributed by atoms with E-state index in [0.29, 0.717) is 19.2 Å². The van der Waals surface area contributed by atoms with Crippen LogP contribution in [0.4, 0.5) is 5.95 Å². The maximum absolute atomic E-state index is 5.75. The molecular weight excluding hydrogens is 220 g/mol. The fraction of sp³-hybridized carbons (Fsp3) is 0.625. The van der Waals surface area contributed by atoms with E-state index in [-0.39, 0.29) is 11.3 Å². The van der Waals surface area contributed by atoms with Crippen molar-refractivity contribution in [2.24, 2.45) is 0 Å². The van der Waals surface area contributed by atoms with E-state index in [9.17, 15) is 0 Å². The van der Waals surface area contributed by atoms with E-state index in [4.69, 9.17) is 21.1 Å². The number of morpholine rings is 1. The Morgan fingerprint density at radius 2 is 2.00 bits per heavy atom. The summed E-state index contributed by atoms with van der Waals surface area (Å²) in [6.07, 6.45) is 0. The minimum absolute atomic E-state index is 0.142. The number of anilines is 1. The lowest BCUT2D eigenvalue weighted by Gasteiger charge is -2.26. The molecule has 82 valence electrons. The number of halogens is 1. The minimum Gasteiger partial charge on any atom is -0.467 e. The van der Waals surface area contributed by atoms with Crippen LogP contribution in [0.1, 0.15) is 0 Å². The van der Waals surface area contributed by atoms with Crippen LogP contribution in [0.3, 0.4) is 0 Å². The summed E-state index contributed by atoms with van der Waals surface area (Å²) in [6.45, 7) is 2.85. The molecule has 0 atom stereocenters. The van der Waals surface area contributed by atoms with Crippen LogP contribution in [0.15, 0.2) is 0 Å². The second kappa shape index (κ2) is 4.59. The van der Waals surface area contributed by atoms with Gasteiger partial charge in [-0.05, 0) is 11.6 Å². The summed E-state index contributed by atoms with van der Waals surface area (Å²) in [7, 11) is 1.49. The molecular formula is C8H11ClN4O2. The van der Waals surface area contributed by atoms with Gasteiger partial charge in [-0.1, -0.05) is 0 Å². The van der Waals surface area contributed by atoms with Gasteiger partial charge in [0.15, 0.2) is 0 Å². The third kappa shape index (κ3) is 2.45. The smallest absolute Gasteiger partial charge is 0.322 e. The molecule has 6 nitrogen and oxygen atoms in total. The second-order valence-corrected chi connectivity index (χ2v) is 3.33. The van der Waals surface area contributed by atoms with E-state index in [1.165, 1.54) is 7.11 Å². The zero-order chi connectivity index (χ0) is 10.7. The summed E-state index contributed by atoms with van der Waals surface area (Å²) in [5.74, 6) is 0.537. The van der Waals surface area contributed by atoms with Crippen molar-refractivity contribution in [1.82, 2.24) is 15.0 Å². The van der Waals surface area contributed by atoms with E-state index in [1.54, 1.807) is 0 Å². The number of nitrogens with zero attached hydrogens (tertiary/aromatic N) is 4. The molecule has 1 aliphatic rings. The summed E-state index contributed by atoms with van der Waals surface area (Å²) >= 11 is 5.75. The number of hydrogen-bond acceptors (Lipinski definition) is 6. The van der Waals surface area contributed by atoms with E-state index in [0.717, 1.165) is 13.1 Å². The summed E-state index contributed by atoms with van der Waals surface area (Å²) in [4.78, 5) is 14.0. The molecule has 0 spiro atoms. The van der Waals surface area contributed by atoms with Crippen LogP contribution in [0, 0.1) is 0 Å². The average molecular weight is 231 g/mol. The maximum Gasteiger partial charge on any atom is 0.322 e. The highest BCUT2D eigenvalue weighted by atomic mass is 35.5. The summed E-state index contributed by atoms with van der Waals surface area (Å²) < 4.78 is 10.2. The molecule has 1 aromatic rings. The van der Waals surface area contributed by atoms with Crippen molar-refractivity contribution >= 4 is 17.5 Å². The fourth-order valence-corrected chi connectivity index (χ4v) is 1.47. The molecule has 0 amide bonds. The molecule has 1 saturated heterocycles. The van der Waals surface area contributed by atoms with E-state index in [1.807, 2.05) is 4.90 Å². The predicted octanol–water partition coefficient (Wildman–Crippen LogP) is 0.370. The molecule has 1 aliphatic heterocycles. The lowest BCUT2D eigenvalue weighted by molar-refractivity contribution is 0.122. The zero-order valence-corrected chi connectivity index (χ0v) is 9.07. The molecule has 0 bridgehead atoms. The number of aromatic nitrogens is 3. The third-order valence-electron chi connectivity index (χ3n) is 2.05. The first-order valence-corrected chi connectivity index (χ1v) is 4.95. The van der Waals surface area contributed by atoms with Crippen LogP contribution in [-0.2, 0) is 4.74 Å². The van der Waals surface area contributed by atoms with Gasteiger partial charge in [0.25, 0.3) is 0 Å². The van der Waals surface area contributed by atoms with Crippen molar-refractivity contribution < 1.29 is 9.47 Å². The van der Waals surface area contributed by atoms with Gasteiger partial charge >= 0.3 is 6.01 Å². The van der Waals surface area contributed by atoms with E-state index < -0.39 is 0 Å². The van der Waals surface area contributed by atoms with Gasteiger partial charge in [-0.25, -0.2) is 0 Å². The van der Waals surface area contributed by atoms with Crippen molar-refractivity contribution in [2.45, 2.75) is 0 Å². The largest absolute Gasteiger partial charge is 0.467 e. The average Bonchev–Trinajstić information content (AvgIpc) is 2.29. The first-order chi connectivity index (χ1) is 7.29. The molecule has 0 aliphatic carbocycles. The molecule has 0 radical (unpaired) electrons. The number of hydrogen-bond donors (Lipinski definition) is 0. The molecule has 7 heteroatoms. The van der Waals surface area contributed by atoms with Gasteiger partial charge < -0.3 is 14.4 Å². The Morgan fingerprint density at radius 1 is 1.27 bits per heavy atom. The van der Waals surface area contributed by atoms with Crippen molar-refractivity contribution in [3.05, 3.63) is 5.28 Å². The van der Waals surface area contributed by atoms with Crippen molar-refractivity contribution in [1.29, 1.82) is 0 Å². The Morgan fingerprint density at radius 3 is 2.67 bits per heavy atom. The fourth-order valence-electron chi connectivity index (χ4n) is 1.32. The van der Waals surface area contributed by atoms with Crippen LogP contribution < -0.4 is 9.64 Å². The summed E-state index contributed by atoms with van der Waals surface area (Å²) in [5.41, 5.74) is 0. The molecule has 0 unspecified atom stereocenters. The number of ether oxygens (including phenoxy) is 2. The van der Waals surface area contributed by atoms with E-state index >= 15 is 0 Å². The van der Waals surface area contributed by atoms with Crippen LogP contribution in [0.2, 0.25) is 5.28 Å². The Hall–Kier alpha value is -1.14. The van der Waals surface area contributed by atoms with Gasteiger partial charge in [0.05, 0.1) is 20.3 Å². The van der Waals surface area contributed by atoms with Gasteiger partial charge in [-0.2, -0.15) is 15.0 Å². The Labute approximate surface area is 92.2 Å². The van der Waals surface area contributed by atoms with Crippen LogP contribution in [0.25, 0.3) is 0 Å². The Kier molecular flexibility index (Phi) is 3.17. The molecule has 1 fully saturated rings. The van der Waals surface area contributed by atoms with Crippen LogP contribution >= 0.6 is 11.6 Å². The molecule has 2 heterocycles. The quantitative estimate of drug-likeness (QED) is 0.732. The Balaban J connectivity index is 2.22. The third-order valence-corrected chi connectivity index (χ3v) is 2.22. The highest BCUT2D eigenvalue weighted by Gasteiger charge is 2.15. The molecule has 1 aromatic heterocycles. The first-order valence-electron chi connectivity index (χ1n) is 4.58. The SMILES string of the molecule is COc1nc(Cl)nc(N2CCOCC2)n1. The highest BCUT2D eigenvalue weighted by molar-refractivity contribution is 6.28. The van der Waals surface area contributed by atoms with Gasteiger partial charge in [0.2, 0.25) is 11.2 Å². The van der Waals surface area contributed by atoms with Gasteiger partial charge in [0.1, 0.15) is 0 Å². The van der Waals surface area contributed by atoms with Crippen molar-refractivity contribution in [3.8, 4) is 6.01 Å². The summed E-state index contributed by atoms with van der Waals surface area (Å²) in [6, 6.07) is 0.233. The zero-order valence-electron chi connectivity index (χ0n) is 8.31. The van der Waals surface area contributed by atoms with Gasteiger partial charge in [-0.3, -0.25) is 0 Å². The molecule has 0 aromatic carbocycles. The molecule has 2 rings (SSSR count). The van der Waals surface area contributed by atoms with Gasteiger partial charge in [0, 0.05) is 13.1 Å². The molecule has 0 saturated carbocycles. The highest BCUT2D eigenvalue weighted by Crippen LogP contribution is 2.15. The normalized spacial score (nSPS) is 16.5. The van der Waals surface area contributed by atoms with E-state index in [2.05, 4.69) is 15.0 Å². The summed E-state index contributed by atoms with van der Waals surface area (Å²) in [5, 5.41) is 0.142. The predicted molar refractivity (Wildman–Crippen MR) is 54.4 cm³/mol. The monoisotopic (exact) mass is 230 g/mol. The first kappa shape index (κ1) is 10.4. The molecule has 15 heavy (non-hydrogen) atoms. The lowest BCUT2D eigenvalue weighted by Crippen LogP contribution is -2.37. The molecule has 0 N–H and O–H groups in total. The number of rotatable bonds is 2. The topological polar surface area (TPSA) is 60.4 Å². The van der Waals surface area contributed by atoms with Crippen molar-refractivity contribution in [3.63, 3.8) is 0 Å². The van der Waals surface area contributed by atoms with Gasteiger partial charge in [-0.15, -0.1) is 0 Å². The van der Waals surface area contributed by atoms with Crippen LogP contribution in [-0.4, -0.2) is 48.4 Å². The second-order valence-electron chi connectivity index (χ2n) is 2.99. The number of methoxy groups -OCH3 is 1.